The summed E-state index contributed by atoms with van der Waals surface area (Å²) in [6.45, 7) is 3.58. The lowest BCUT2D eigenvalue weighted by Crippen LogP contribution is -2.14. The first-order valence-corrected chi connectivity index (χ1v) is 7.09. The topological polar surface area (TPSA) is 35.5 Å². The van der Waals surface area contributed by atoms with Gasteiger partial charge in [0.05, 0.1) is 17.1 Å². The van der Waals surface area contributed by atoms with Crippen LogP contribution in [0.3, 0.4) is 0 Å². The fourth-order valence-electron chi connectivity index (χ4n) is 1.75. The second-order valence-electron chi connectivity index (χ2n) is 4.15. The molecule has 2 rings (SSSR count). The number of halogens is 1. The molecule has 1 aliphatic rings. The Morgan fingerprint density at radius 3 is 2.75 bits per heavy atom. The van der Waals surface area contributed by atoms with E-state index in [1.165, 1.54) is 11.8 Å². The summed E-state index contributed by atoms with van der Waals surface area (Å²) in [6.07, 6.45) is 0.191. The standard InChI is InChI=1S/C15H15FO3S/c1-3-18-15(17)12-9-13(14(16)19-10(12)2)20-11-7-5-4-6-8-11/h4-8H,3,9H2,1-2H3. The first-order valence-electron chi connectivity index (χ1n) is 6.28. The smallest absolute Gasteiger partial charge is 0.337 e. The number of allylic oxidation sites excluding steroid dienone is 2. The van der Waals surface area contributed by atoms with Gasteiger partial charge in [-0.15, -0.1) is 0 Å². The highest BCUT2D eigenvalue weighted by Crippen LogP contribution is 2.39. The maximum atomic E-state index is 13.9. The van der Waals surface area contributed by atoms with E-state index >= 15 is 0 Å². The van der Waals surface area contributed by atoms with Crippen molar-refractivity contribution in [3.8, 4) is 0 Å². The van der Waals surface area contributed by atoms with Crippen LogP contribution in [0.5, 0.6) is 0 Å². The molecule has 0 saturated heterocycles. The van der Waals surface area contributed by atoms with Crippen LogP contribution in [0, 0.1) is 0 Å². The Kier molecular flexibility index (Phi) is 4.84. The number of carbonyl (C=O) groups is 1. The molecule has 1 heterocycles. The summed E-state index contributed by atoms with van der Waals surface area (Å²) in [4.78, 5) is 13.1. The predicted molar refractivity (Wildman–Crippen MR) is 75.5 cm³/mol. The summed E-state index contributed by atoms with van der Waals surface area (Å²) in [5.74, 6) is -0.193. The molecule has 1 aromatic rings. The molecule has 20 heavy (non-hydrogen) atoms. The molecule has 0 fully saturated rings. The minimum Gasteiger partial charge on any atom is -0.463 e. The molecular formula is C15H15FO3S. The molecule has 0 aromatic heterocycles. The number of hydrogen-bond acceptors (Lipinski definition) is 4. The number of carbonyl (C=O) groups excluding carboxylic acids is 1. The summed E-state index contributed by atoms with van der Waals surface area (Å²) in [5.41, 5.74) is 0.367. The third kappa shape index (κ3) is 3.42. The molecule has 0 atom stereocenters. The lowest BCUT2D eigenvalue weighted by atomic mass is 10.1. The zero-order valence-corrected chi connectivity index (χ0v) is 12.1. The largest absolute Gasteiger partial charge is 0.463 e. The van der Waals surface area contributed by atoms with Gasteiger partial charge in [0.15, 0.2) is 0 Å². The van der Waals surface area contributed by atoms with Crippen molar-refractivity contribution in [1.82, 2.24) is 0 Å². The SMILES string of the molecule is CCOC(=O)C1=C(C)OC(F)=C(Sc2ccccc2)C1. The van der Waals surface area contributed by atoms with Gasteiger partial charge in [0.2, 0.25) is 0 Å². The predicted octanol–water partition coefficient (Wildman–Crippen LogP) is 4.17. The Hall–Kier alpha value is -1.75. The van der Waals surface area contributed by atoms with Crippen molar-refractivity contribution < 1.29 is 18.7 Å². The van der Waals surface area contributed by atoms with Gasteiger partial charge >= 0.3 is 5.97 Å². The molecule has 1 aromatic carbocycles. The summed E-state index contributed by atoms with van der Waals surface area (Å²) >= 11 is 1.25. The van der Waals surface area contributed by atoms with Crippen molar-refractivity contribution in [1.29, 1.82) is 0 Å². The minimum atomic E-state index is -0.649. The molecule has 1 aliphatic heterocycles. The van der Waals surface area contributed by atoms with Crippen LogP contribution in [-0.2, 0) is 14.3 Å². The van der Waals surface area contributed by atoms with Crippen LogP contribution in [0.1, 0.15) is 20.3 Å². The molecule has 0 aliphatic carbocycles. The lowest BCUT2D eigenvalue weighted by molar-refractivity contribution is -0.138. The molecule has 0 spiro atoms. The number of ether oxygens (including phenoxy) is 2. The molecule has 5 heteroatoms. The summed E-state index contributed by atoms with van der Waals surface area (Å²) < 4.78 is 23.8. The van der Waals surface area contributed by atoms with E-state index in [9.17, 15) is 9.18 Å². The first-order chi connectivity index (χ1) is 9.61. The van der Waals surface area contributed by atoms with E-state index in [-0.39, 0.29) is 18.8 Å². The maximum absolute atomic E-state index is 13.9. The molecular weight excluding hydrogens is 279 g/mol. The van der Waals surface area contributed by atoms with Crippen LogP contribution in [-0.4, -0.2) is 12.6 Å². The quantitative estimate of drug-likeness (QED) is 0.781. The summed E-state index contributed by atoms with van der Waals surface area (Å²) in [6, 6.07) is 8.74. The highest BCUT2D eigenvalue weighted by molar-refractivity contribution is 8.03. The fourth-order valence-corrected chi connectivity index (χ4v) is 2.66. The zero-order valence-electron chi connectivity index (χ0n) is 11.3. The van der Waals surface area contributed by atoms with Crippen LogP contribution >= 0.6 is 11.8 Å². The second kappa shape index (κ2) is 6.61. The normalized spacial score (nSPS) is 15.2. The number of esters is 1. The van der Waals surface area contributed by atoms with Crippen molar-refractivity contribution >= 4 is 17.7 Å². The van der Waals surface area contributed by atoms with Crippen molar-refractivity contribution in [2.24, 2.45) is 0 Å². The van der Waals surface area contributed by atoms with Gasteiger partial charge in [-0.05, 0) is 26.0 Å². The molecule has 0 saturated carbocycles. The Labute approximate surface area is 121 Å². The summed E-state index contributed by atoms with van der Waals surface area (Å²) in [7, 11) is 0. The molecule has 0 amide bonds. The number of rotatable bonds is 4. The first kappa shape index (κ1) is 14.7. The van der Waals surface area contributed by atoms with Gasteiger partial charge in [0.1, 0.15) is 5.76 Å². The van der Waals surface area contributed by atoms with Gasteiger partial charge in [-0.25, -0.2) is 4.79 Å². The highest BCUT2D eigenvalue weighted by Gasteiger charge is 2.26. The van der Waals surface area contributed by atoms with Crippen LogP contribution in [0.2, 0.25) is 0 Å². The van der Waals surface area contributed by atoms with Gasteiger partial charge in [0, 0.05) is 11.3 Å². The van der Waals surface area contributed by atoms with E-state index < -0.39 is 12.0 Å². The van der Waals surface area contributed by atoms with E-state index in [2.05, 4.69) is 0 Å². The zero-order chi connectivity index (χ0) is 14.5. The van der Waals surface area contributed by atoms with E-state index in [0.717, 1.165) is 4.90 Å². The van der Waals surface area contributed by atoms with Crippen LogP contribution in [0.15, 0.2) is 57.5 Å². The Balaban J connectivity index is 2.15. The third-order valence-corrected chi connectivity index (χ3v) is 3.79. The summed E-state index contributed by atoms with van der Waals surface area (Å²) in [5, 5.41) is 0. The number of hydrogen-bond donors (Lipinski definition) is 0. The van der Waals surface area contributed by atoms with Crippen molar-refractivity contribution in [3.63, 3.8) is 0 Å². The van der Waals surface area contributed by atoms with E-state index in [4.69, 9.17) is 9.47 Å². The second-order valence-corrected chi connectivity index (χ2v) is 5.31. The third-order valence-electron chi connectivity index (χ3n) is 2.73. The van der Waals surface area contributed by atoms with Gasteiger partial charge in [-0.1, -0.05) is 30.0 Å². The van der Waals surface area contributed by atoms with Gasteiger partial charge in [-0.3, -0.25) is 0 Å². The molecule has 0 radical (unpaired) electrons. The molecule has 0 N–H and O–H groups in total. The van der Waals surface area contributed by atoms with Gasteiger partial charge in [-0.2, -0.15) is 4.39 Å². The molecule has 106 valence electrons. The van der Waals surface area contributed by atoms with Crippen LogP contribution in [0.4, 0.5) is 4.39 Å². The monoisotopic (exact) mass is 294 g/mol. The van der Waals surface area contributed by atoms with Crippen LogP contribution < -0.4 is 0 Å². The van der Waals surface area contributed by atoms with Gasteiger partial charge in [0.25, 0.3) is 6.01 Å². The average molecular weight is 294 g/mol. The Morgan fingerprint density at radius 1 is 1.40 bits per heavy atom. The Bertz CT molecular complexity index is 564. The van der Waals surface area contributed by atoms with Gasteiger partial charge < -0.3 is 9.47 Å². The molecule has 3 nitrogen and oxygen atoms in total. The molecule has 0 unspecified atom stereocenters. The van der Waals surface area contributed by atoms with Crippen LogP contribution in [0.25, 0.3) is 0 Å². The highest BCUT2D eigenvalue weighted by atomic mass is 32.2. The number of thioether (sulfide) groups is 1. The maximum Gasteiger partial charge on any atom is 0.337 e. The number of benzene rings is 1. The Morgan fingerprint density at radius 2 is 2.10 bits per heavy atom. The van der Waals surface area contributed by atoms with E-state index in [0.29, 0.717) is 10.5 Å². The van der Waals surface area contributed by atoms with E-state index in [1.54, 1.807) is 13.8 Å². The van der Waals surface area contributed by atoms with Crippen molar-refractivity contribution in [2.75, 3.05) is 6.61 Å². The van der Waals surface area contributed by atoms with E-state index in [1.807, 2.05) is 30.3 Å². The van der Waals surface area contributed by atoms with Crippen molar-refractivity contribution in [3.05, 3.63) is 52.6 Å². The lowest BCUT2D eigenvalue weighted by Gasteiger charge is -2.19. The fraction of sp³-hybridized carbons (Fsp3) is 0.267. The average Bonchev–Trinajstić information content (AvgIpc) is 2.43. The molecule has 0 bridgehead atoms. The van der Waals surface area contributed by atoms with Crippen molar-refractivity contribution in [2.45, 2.75) is 25.2 Å². The minimum absolute atomic E-state index is 0.191.